The molecule has 3 aromatic carbocycles. The Morgan fingerprint density at radius 3 is 1.05 bits per heavy atom. The molecular formula is C38H36N6. The largest absolute Gasteiger partial charge is 0.252 e. The molecule has 218 valence electrons. The van der Waals surface area contributed by atoms with Crippen LogP contribution in [0.1, 0.15) is 61.6 Å². The quantitative estimate of drug-likeness (QED) is 0.172. The Morgan fingerprint density at radius 2 is 0.705 bits per heavy atom. The molecule has 0 saturated heterocycles. The topological polar surface area (TPSA) is 75.2 Å². The van der Waals surface area contributed by atoms with Crippen LogP contribution in [0.15, 0.2) is 129 Å². The molecule has 0 aliphatic carbocycles. The Morgan fingerprint density at radius 1 is 0.386 bits per heavy atom. The summed E-state index contributed by atoms with van der Waals surface area (Å²) in [7, 11) is 0. The molecule has 0 saturated carbocycles. The molecule has 0 bridgehead atoms. The van der Waals surface area contributed by atoms with Gasteiger partial charge in [0, 0.05) is 0 Å². The Bertz CT molecular complexity index is 1770. The molecule has 2 aromatic heterocycles. The maximum atomic E-state index is 4.83. The summed E-state index contributed by atoms with van der Waals surface area (Å²) < 4.78 is 0. The zero-order valence-electron chi connectivity index (χ0n) is 26.1. The number of hydrogen-bond donors (Lipinski definition) is 0. The fraction of sp³-hybridized carbons (Fsp3) is 0.158. The molecule has 0 unspecified atom stereocenters. The third kappa shape index (κ3) is 7.53. The number of aliphatic imine (C=N–C) groups is 4. The second-order valence-corrected chi connectivity index (χ2v) is 10.7. The second kappa shape index (κ2) is 13.7. The number of hydrogen-bond acceptors (Lipinski definition) is 6. The predicted molar refractivity (Wildman–Crippen MR) is 185 cm³/mol. The number of aryl methyl sites for hydroxylation is 2. The van der Waals surface area contributed by atoms with Crippen LogP contribution in [0.3, 0.4) is 0 Å². The van der Waals surface area contributed by atoms with Crippen molar-refractivity contribution in [3.8, 4) is 0 Å². The zero-order valence-corrected chi connectivity index (χ0v) is 26.1. The summed E-state index contributed by atoms with van der Waals surface area (Å²) >= 11 is 0. The van der Waals surface area contributed by atoms with Crippen LogP contribution in [0.4, 0.5) is 22.7 Å². The summed E-state index contributed by atoms with van der Waals surface area (Å²) in [6.07, 6.45) is 0. The number of nitrogens with zero attached hydrogens (tertiary/aromatic N) is 6. The van der Waals surface area contributed by atoms with E-state index in [4.69, 9.17) is 29.9 Å². The fourth-order valence-corrected chi connectivity index (χ4v) is 4.63. The SMILES string of the molecule is CC(=Nc1ccc(N=C(C)c2cccc(C(C)=Nc3ccccc3C)n2)cc1)c1cccc(C(C)=Nc2ccccc2C)n1. The first-order valence-electron chi connectivity index (χ1n) is 14.6. The van der Waals surface area contributed by atoms with Crippen LogP contribution in [0.2, 0.25) is 0 Å². The first-order valence-corrected chi connectivity index (χ1v) is 14.6. The third-order valence-electron chi connectivity index (χ3n) is 7.23. The molecule has 5 rings (SSSR count). The monoisotopic (exact) mass is 576 g/mol. The van der Waals surface area contributed by atoms with E-state index in [-0.39, 0.29) is 0 Å². The van der Waals surface area contributed by atoms with Gasteiger partial charge in [0.15, 0.2) is 0 Å². The van der Waals surface area contributed by atoms with Crippen molar-refractivity contribution in [2.75, 3.05) is 0 Å². The van der Waals surface area contributed by atoms with Crippen molar-refractivity contribution in [3.05, 3.63) is 143 Å². The van der Waals surface area contributed by atoms with Gasteiger partial charge in [-0.2, -0.15) is 0 Å². The highest BCUT2D eigenvalue weighted by Crippen LogP contribution is 2.22. The van der Waals surface area contributed by atoms with Gasteiger partial charge in [-0.1, -0.05) is 48.5 Å². The zero-order chi connectivity index (χ0) is 31.1. The first-order chi connectivity index (χ1) is 21.3. The van der Waals surface area contributed by atoms with Crippen LogP contribution in [0, 0.1) is 13.8 Å². The molecule has 0 spiro atoms. The normalized spacial score (nSPS) is 12.9. The van der Waals surface area contributed by atoms with Crippen molar-refractivity contribution >= 4 is 45.6 Å². The van der Waals surface area contributed by atoms with Gasteiger partial charge in [0.1, 0.15) is 0 Å². The van der Waals surface area contributed by atoms with Crippen molar-refractivity contribution in [2.24, 2.45) is 20.0 Å². The lowest BCUT2D eigenvalue weighted by Crippen LogP contribution is -2.05. The van der Waals surface area contributed by atoms with E-state index < -0.39 is 0 Å². The van der Waals surface area contributed by atoms with Gasteiger partial charge in [-0.3, -0.25) is 20.0 Å². The minimum atomic E-state index is 0.812. The Balaban J connectivity index is 1.31. The summed E-state index contributed by atoms with van der Waals surface area (Å²) in [6.45, 7) is 12.0. The van der Waals surface area contributed by atoms with Crippen LogP contribution < -0.4 is 0 Å². The summed E-state index contributed by atoms with van der Waals surface area (Å²) in [5, 5.41) is 0. The standard InChI is InChI=1S/C38H36N6/c1-25-13-7-9-15-33(25)41-29(5)37-19-11-17-35(43-37)27(3)39-31-21-23-32(24-22-31)40-28(4)36-18-12-20-38(44-36)30(6)42-34-16-10-8-14-26(34)2/h7-24H,1-6H3. The number of aromatic nitrogens is 2. The second-order valence-electron chi connectivity index (χ2n) is 10.7. The number of para-hydroxylation sites is 2. The first kappa shape index (κ1) is 30.1. The van der Waals surface area contributed by atoms with Crippen molar-refractivity contribution < 1.29 is 0 Å². The molecule has 0 amide bonds. The number of benzene rings is 3. The lowest BCUT2D eigenvalue weighted by molar-refractivity contribution is 1.23. The molecule has 0 aliphatic heterocycles. The van der Waals surface area contributed by atoms with Gasteiger partial charge in [-0.15, -0.1) is 0 Å². The summed E-state index contributed by atoms with van der Waals surface area (Å²) in [5.41, 5.74) is 12.5. The lowest BCUT2D eigenvalue weighted by Gasteiger charge is -2.07. The summed E-state index contributed by atoms with van der Waals surface area (Å²) in [4.78, 5) is 28.9. The van der Waals surface area contributed by atoms with E-state index in [2.05, 4.69) is 26.0 Å². The predicted octanol–water partition coefficient (Wildman–Crippen LogP) is 9.66. The van der Waals surface area contributed by atoms with Gasteiger partial charge in [0.05, 0.1) is 68.4 Å². The van der Waals surface area contributed by atoms with Crippen LogP contribution in [-0.4, -0.2) is 32.8 Å². The molecule has 0 fully saturated rings. The molecule has 44 heavy (non-hydrogen) atoms. The fourth-order valence-electron chi connectivity index (χ4n) is 4.63. The van der Waals surface area contributed by atoms with Gasteiger partial charge in [-0.05, 0) is 113 Å². The molecule has 0 atom stereocenters. The molecule has 6 nitrogen and oxygen atoms in total. The maximum Gasteiger partial charge on any atom is 0.0849 e. The van der Waals surface area contributed by atoms with Gasteiger partial charge < -0.3 is 0 Å². The van der Waals surface area contributed by atoms with E-state index in [0.29, 0.717) is 0 Å². The lowest BCUT2D eigenvalue weighted by atomic mass is 10.1. The van der Waals surface area contributed by atoms with E-state index in [9.17, 15) is 0 Å². The molecule has 5 aromatic rings. The van der Waals surface area contributed by atoms with Crippen LogP contribution in [0.5, 0.6) is 0 Å². The van der Waals surface area contributed by atoms with E-state index in [1.54, 1.807) is 0 Å². The number of rotatable bonds is 8. The molecule has 6 heteroatoms. The molecule has 0 aliphatic rings. The van der Waals surface area contributed by atoms with Gasteiger partial charge >= 0.3 is 0 Å². The van der Waals surface area contributed by atoms with Gasteiger partial charge in [-0.25, -0.2) is 9.97 Å². The van der Waals surface area contributed by atoms with Crippen molar-refractivity contribution in [2.45, 2.75) is 41.5 Å². The Kier molecular flexibility index (Phi) is 9.40. The number of pyridine rings is 2. The van der Waals surface area contributed by atoms with Gasteiger partial charge in [0.25, 0.3) is 0 Å². The molecule has 0 radical (unpaired) electrons. The van der Waals surface area contributed by atoms with E-state index in [0.717, 1.165) is 79.5 Å². The van der Waals surface area contributed by atoms with Crippen molar-refractivity contribution in [1.29, 1.82) is 0 Å². The van der Waals surface area contributed by atoms with Crippen LogP contribution in [-0.2, 0) is 0 Å². The van der Waals surface area contributed by atoms with E-state index in [1.807, 2.05) is 125 Å². The molecule has 0 N–H and O–H groups in total. The highest BCUT2D eigenvalue weighted by atomic mass is 14.9. The molecular weight excluding hydrogens is 540 g/mol. The maximum absolute atomic E-state index is 4.83. The van der Waals surface area contributed by atoms with Crippen LogP contribution >= 0.6 is 0 Å². The van der Waals surface area contributed by atoms with E-state index >= 15 is 0 Å². The highest BCUT2D eigenvalue weighted by Gasteiger charge is 2.08. The third-order valence-corrected chi connectivity index (χ3v) is 7.23. The smallest absolute Gasteiger partial charge is 0.0849 e. The average Bonchev–Trinajstić information content (AvgIpc) is 3.04. The Hall–Kier alpha value is -5.36. The minimum absolute atomic E-state index is 0.812. The van der Waals surface area contributed by atoms with Crippen molar-refractivity contribution in [3.63, 3.8) is 0 Å². The highest BCUT2D eigenvalue weighted by molar-refractivity contribution is 6.03. The van der Waals surface area contributed by atoms with Crippen LogP contribution in [0.25, 0.3) is 0 Å². The Labute approximate surface area is 259 Å². The minimum Gasteiger partial charge on any atom is -0.252 e. The van der Waals surface area contributed by atoms with Gasteiger partial charge in [0.2, 0.25) is 0 Å². The summed E-state index contributed by atoms with van der Waals surface area (Å²) in [5.74, 6) is 0. The molecule has 2 heterocycles. The van der Waals surface area contributed by atoms with E-state index in [1.165, 1.54) is 0 Å². The average molecular weight is 577 g/mol. The van der Waals surface area contributed by atoms with Crippen molar-refractivity contribution in [1.82, 2.24) is 9.97 Å². The summed E-state index contributed by atoms with van der Waals surface area (Å²) in [6, 6.07) is 35.9.